The average molecular weight is 573 g/mol. The zero-order valence-corrected chi connectivity index (χ0v) is 20.9. The first-order valence-electron chi connectivity index (χ1n) is 10.6. The summed E-state index contributed by atoms with van der Waals surface area (Å²) in [7, 11) is 0. The second kappa shape index (κ2) is 12.7. The molecule has 2 aromatic heterocycles. The summed E-state index contributed by atoms with van der Waals surface area (Å²) in [6.07, 6.45) is 3.35. The van der Waals surface area contributed by atoms with Gasteiger partial charge in [-0.1, -0.05) is 24.3 Å². The zero-order chi connectivity index (χ0) is 22.9. The molecule has 0 bridgehead atoms. The van der Waals surface area contributed by atoms with Gasteiger partial charge in [0.15, 0.2) is 5.96 Å². The number of rotatable bonds is 8. The molecule has 34 heavy (non-hydrogen) atoms. The largest absolute Gasteiger partial charge is 0.444 e. The molecule has 0 atom stereocenters. The maximum Gasteiger partial charge on any atom is 0.226 e. The Morgan fingerprint density at radius 1 is 1.03 bits per heavy atom. The lowest BCUT2D eigenvalue weighted by Crippen LogP contribution is -2.36. The first-order chi connectivity index (χ1) is 16.2. The van der Waals surface area contributed by atoms with Crippen molar-refractivity contribution in [2.45, 2.75) is 20.0 Å². The number of halogens is 2. The number of aliphatic imine (C=N–C) groups is 1. The average Bonchev–Trinajstić information content (AvgIpc) is 3.33. The zero-order valence-electron chi connectivity index (χ0n) is 18.6. The van der Waals surface area contributed by atoms with E-state index in [1.165, 1.54) is 12.1 Å². The molecule has 2 N–H and O–H groups in total. The van der Waals surface area contributed by atoms with Crippen LogP contribution in [0.15, 0.2) is 88.6 Å². The monoisotopic (exact) mass is 573 g/mol. The third-order valence-electron chi connectivity index (χ3n) is 4.61. The number of oxazole rings is 1. The van der Waals surface area contributed by atoms with Crippen LogP contribution in [0, 0.1) is 5.82 Å². The molecule has 4 aromatic rings. The van der Waals surface area contributed by atoms with Gasteiger partial charge in [-0.05, 0) is 48.9 Å². The molecule has 2 heterocycles. The molecule has 4 rings (SSSR count). The summed E-state index contributed by atoms with van der Waals surface area (Å²) < 4.78 is 24.2. The van der Waals surface area contributed by atoms with Gasteiger partial charge in [-0.3, -0.25) is 0 Å². The number of benzene rings is 2. The molecular formula is C25H25FIN5O2. The third-order valence-corrected chi connectivity index (χ3v) is 4.61. The minimum atomic E-state index is -0.311. The Morgan fingerprint density at radius 3 is 2.53 bits per heavy atom. The highest BCUT2D eigenvalue weighted by molar-refractivity contribution is 14.0. The number of hydrogen-bond donors (Lipinski definition) is 2. The number of hydrogen-bond acceptors (Lipinski definition) is 5. The maximum absolute atomic E-state index is 13.0. The van der Waals surface area contributed by atoms with E-state index in [9.17, 15) is 4.39 Å². The maximum atomic E-state index is 13.0. The van der Waals surface area contributed by atoms with Crippen LogP contribution in [0.3, 0.4) is 0 Å². The SMILES string of the molecule is CCNC(=NCc1ccc(Oc2ccc(F)cc2)nc1)NCc1coc(-c2ccccc2)n1.I. The van der Waals surface area contributed by atoms with Crippen molar-refractivity contribution in [2.75, 3.05) is 6.54 Å². The smallest absolute Gasteiger partial charge is 0.226 e. The van der Waals surface area contributed by atoms with Crippen LogP contribution in [0.5, 0.6) is 11.6 Å². The molecule has 0 radical (unpaired) electrons. The van der Waals surface area contributed by atoms with Crippen LogP contribution in [-0.4, -0.2) is 22.5 Å². The molecule has 0 unspecified atom stereocenters. The van der Waals surface area contributed by atoms with Crippen molar-refractivity contribution in [1.29, 1.82) is 0 Å². The van der Waals surface area contributed by atoms with Crippen LogP contribution in [0.25, 0.3) is 11.5 Å². The van der Waals surface area contributed by atoms with Gasteiger partial charge >= 0.3 is 0 Å². The quantitative estimate of drug-likeness (QED) is 0.164. The predicted octanol–water partition coefficient (Wildman–Crippen LogP) is 5.54. The van der Waals surface area contributed by atoms with E-state index in [1.807, 2.05) is 43.3 Å². The highest BCUT2D eigenvalue weighted by atomic mass is 127. The van der Waals surface area contributed by atoms with Gasteiger partial charge in [-0.15, -0.1) is 24.0 Å². The third kappa shape index (κ3) is 7.27. The van der Waals surface area contributed by atoms with Crippen LogP contribution in [0.1, 0.15) is 18.2 Å². The first kappa shape index (κ1) is 25.2. The van der Waals surface area contributed by atoms with Crippen molar-refractivity contribution in [3.63, 3.8) is 0 Å². The van der Waals surface area contributed by atoms with Gasteiger partial charge in [0.25, 0.3) is 0 Å². The lowest BCUT2D eigenvalue weighted by Gasteiger charge is -2.10. The van der Waals surface area contributed by atoms with Gasteiger partial charge in [0.2, 0.25) is 11.8 Å². The Bertz CT molecular complexity index is 1180. The summed E-state index contributed by atoms with van der Waals surface area (Å²) in [6, 6.07) is 19.2. The van der Waals surface area contributed by atoms with Crippen LogP contribution < -0.4 is 15.4 Å². The molecule has 176 valence electrons. The molecule has 7 nitrogen and oxygen atoms in total. The van der Waals surface area contributed by atoms with E-state index in [2.05, 4.69) is 25.6 Å². The van der Waals surface area contributed by atoms with Gasteiger partial charge in [0.1, 0.15) is 17.8 Å². The molecule has 0 aliphatic heterocycles. The standard InChI is InChI=1S/C25H24FN5O2.HI/c1-2-27-25(30-16-21-17-32-24(31-21)19-6-4-3-5-7-19)29-15-18-8-13-23(28-14-18)33-22-11-9-20(26)10-12-22;/h3-14,17H,2,15-16H2,1H3,(H2,27,29,30);1H. The van der Waals surface area contributed by atoms with Crippen molar-refractivity contribution >= 4 is 29.9 Å². The summed E-state index contributed by atoms with van der Waals surface area (Å²) >= 11 is 0. The minimum Gasteiger partial charge on any atom is -0.444 e. The normalized spacial score (nSPS) is 10.9. The van der Waals surface area contributed by atoms with Gasteiger partial charge in [0, 0.05) is 24.4 Å². The van der Waals surface area contributed by atoms with E-state index in [0.29, 0.717) is 36.6 Å². The number of guanidine groups is 1. The Kier molecular flexibility index (Phi) is 9.39. The fraction of sp³-hybridized carbons (Fsp3) is 0.160. The lowest BCUT2D eigenvalue weighted by atomic mass is 10.2. The van der Waals surface area contributed by atoms with Gasteiger partial charge in [-0.25, -0.2) is 19.4 Å². The van der Waals surface area contributed by atoms with E-state index in [1.54, 1.807) is 30.7 Å². The number of nitrogens with one attached hydrogen (secondary N) is 2. The molecule has 0 amide bonds. The summed E-state index contributed by atoms with van der Waals surface area (Å²) in [5.41, 5.74) is 2.64. The molecule has 0 fully saturated rings. The van der Waals surface area contributed by atoms with Crippen molar-refractivity contribution in [2.24, 2.45) is 4.99 Å². The second-order valence-corrected chi connectivity index (χ2v) is 7.12. The fourth-order valence-electron chi connectivity index (χ4n) is 2.98. The van der Waals surface area contributed by atoms with Gasteiger partial charge in [-0.2, -0.15) is 0 Å². The molecule has 0 aliphatic rings. The van der Waals surface area contributed by atoms with E-state index in [-0.39, 0.29) is 29.8 Å². The highest BCUT2D eigenvalue weighted by Crippen LogP contribution is 2.20. The fourth-order valence-corrected chi connectivity index (χ4v) is 2.98. The first-order valence-corrected chi connectivity index (χ1v) is 10.6. The van der Waals surface area contributed by atoms with Crippen molar-refractivity contribution < 1.29 is 13.5 Å². The summed E-state index contributed by atoms with van der Waals surface area (Å²) in [5.74, 6) is 1.89. The van der Waals surface area contributed by atoms with E-state index >= 15 is 0 Å². The molecule has 0 aliphatic carbocycles. The lowest BCUT2D eigenvalue weighted by molar-refractivity contribution is 0.461. The molecule has 0 saturated carbocycles. The summed E-state index contributed by atoms with van der Waals surface area (Å²) in [4.78, 5) is 13.4. The predicted molar refractivity (Wildman–Crippen MR) is 140 cm³/mol. The molecule has 2 aromatic carbocycles. The van der Waals surface area contributed by atoms with E-state index < -0.39 is 0 Å². The van der Waals surface area contributed by atoms with E-state index in [0.717, 1.165) is 23.4 Å². The van der Waals surface area contributed by atoms with Crippen LogP contribution in [0.2, 0.25) is 0 Å². The Morgan fingerprint density at radius 2 is 1.82 bits per heavy atom. The topological polar surface area (TPSA) is 84.6 Å². The van der Waals surface area contributed by atoms with E-state index in [4.69, 9.17) is 9.15 Å². The van der Waals surface area contributed by atoms with Crippen molar-refractivity contribution in [3.8, 4) is 23.1 Å². The Hall–Kier alpha value is -3.47. The van der Waals surface area contributed by atoms with Gasteiger partial charge in [0.05, 0.1) is 18.8 Å². The molecule has 0 spiro atoms. The van der Waals surface area contributed by atoms with Crippen molar-refractivity contribution in [3.05, 3.63) is 96.3 Å². The highest BCUT2D eigenvalue weighted by Gasteiger charge is 2.07. The summed E-state index contributed by atoms with van der Waals surface area (Å²) in [6.45, 7) is 3.64. The van der Waals surface area contributed by atoms with Crippen LogP contribution in [-0.2, 0) is 13.1 Å². The van der Waals surface area contributed by atoms with Crippen LogP contribution >= 0.6 is 24.0 Å². The minimum absolute atomic E-state index is 0. The Balaban J connectivity index is 0.00000324. The number of aromatic nitrogens is 2. The van der Waals surface area contributed by atoms with Crippen molar-refractivity contribution in [1.82, 2.24) is 20.6 Å². The molecule has 0 saturated heterocycles. The second-order valence-electron chi connectivity index (χ2n) is 7.12. The Labute approximate surface area is 214 Å². The molecular weight excluding hydrogens is 548 g/mol. The summed E-state index contributed by atoms with van der Waals surface area (Å²) in [5, 5.41) is 6.48. The number of ether oxygens (including phenoxy) is 1. The number of pyridine rings is 1. The molecule has 9 heteroatoms. The van der Waals surface area contributed by atoms with Gasteiger partial charge < -0.3 is 19.8 Å². The van der Waals surface area contributed by atoms with Crippen LogP contribution in [0.4, 0.5) is 4.39 Å². The number of nitrogens with zero attached hydrogens (tertiary/aromatic N) is 3.